The zero-order valence-electron chi connectivity index (χ0n) is 19.1. The van der Waals surface area contributed by atoms with Gasteiger partial charge in [-0.1, -0.05) is 35.0 Å². The molecule has 0 saturated carbocycles. The fraction of sp³-hybridized carbons (Fsp3) is 0.160. The minimum Gasteiger partial charge on any atom is -0.486 e. The molecule has 0 amide bonds. The van der Waals surface area contributed by atoms with Gasteiger partial charge in [0.05, 0.1) is 10.5 Å². The SMILES string of the molecule is Cc1ccc(-c2noc(COC(=O)c3ccc(NS(=O)(=O)c4ccc5c(c4)OCCO5)cc3)n2)cc1. The maximum Gasteiger partial charge on any atom is 0.338 e. The fourth-order valence-corrected chi connectivity index (χ4v) is 4.50. The first-order valence-corrected chi connectivity index (χ1v) is 12.4. The molecule has 0 spiro atoms. The number of nitrogens with one attached hydrogen (secondary N) is 1. The Balaban J connectivity index is 1.19. The molecule has 184 valence electrons. The van der Waals surface area contributed by atoms with Gasteiger partial charge in [-0.2, -0.15) is 4.98 Å². The van der Waals surface area contributed by atoms with Crippen molar-refractivity contribution in [3.8, 4) is 22.9 Å². The van der Waals surface area contributed by atoms with E-state index in [4.69, 9.17) is 18.7 Å². The van der Waals surface area contributed by atoms with Gasteiger partial charge < -0.3 is 18.7 Å². The third-order valence-electron chi connectivity index (χ3n) is 5.30. The number of aryl methyl sites for hydroxylation is 1. The first-order chi connectivity index (χ1) is 17.4. The summed E-state index contributed by atoms with van der Waals surface area (Å²) >= 11 is 0. The van der Waals surface area contributed by atoms with Crippen LogP contribution in [0.2, 0.25) is 0 Å². The molecule has 36 heavy (non-hydrogen) atoms. The van der Waals surface area contributed by atoms with Gasteiger partial charge in [-0.25, -0.2) is 13.2 Å². The Kier molecular flexibility index (Phi) is 6.30. The molecule has 1 N–H and O–H groups in total. The lowest BCUT2D eigenvalue weighted by atomic mass is 10.1. The van der Waals surface area contributed by atoms with Crippen LogP contribution in [0.1, 0.15) is 21.8 Å². The number of esters is 1. The van der Waals surface area contributed by atoms with E-state index in [0.29, 0.717) is 30.5 Å². The van der Waals surface area contributed by atoms with Crippen molar-refractivity contribution in [3.63, 3.8) is 0 Å². The van der Waals surface area contributed by atoms with Crippen molar-refractivity contribution >= 4 is 21.7 Å². The Morgan fingerprint density at radius 1 is 0.972 bits per heavy atom. The molecule has 0 radical (unpaired) electrons. The van der Waals surface area contributed by atoms with Crippen LogP contribution in [0, 0.1) is 6.92 Å². The summed E-state index contributed by atoms with van der Waals surface area (Å²) in [5, 5.41) is 3.90. The van der Waals surface area contributed by atoms with E-state index in [9.17, 15) is 13.2 Å². The average molecular weight is 508 g/mol. The molecule has 10 nitrogen and oxygen atoms in total. The van der Waals surface area contributed by atoms with Crippen LogP contribution < -0.4 is 14.2 Å². The van der Waals surface area contributed by atoms with Crippen LogP contribution in [0.5, 0.6) is 11.5 Å². The minimum absolute atomic E-state index is 0.0276. The number of anilines is 1. The van der Waals surface area contributed by atoms with Crippen LogP contribution in [-0.2, 0) is 21.4 Å². The molecule has 1 aromatic heterocycles. The first kappa shape index (κ1) is 23.4. The van der Waals surface area contributed by atoms with E-state index in [1.165, 1.54) is 36.4 Å². The first-order valence-electron chi connectivity index (χ1n) is 11.0. The molecule has 0 aliphatic carbocycles. The van der Waals surface area contributed by atoms with E-state index in [1.807, 2.05) is 31.2 Å². The molecule has 4 aromatic rings. The average Bonchev–Trinajstić information content (AvgIpc) is 3.37. The van der Waals surface area contributed by atoms with E-state index in [1.54, 1.807) is 6.07 Å². The smallest absolute Gasteiger partial charge is 0.338 e. The van der Waals surface area contributed by atoms with E-state index in [-0.39, 0.29) is 28.6 Å². The number of carbonyl (C=O) groups excluding carboxylic acids is 1. The van der Waals surface area contributed by atoms with Gasteiger partial charge in [-0.3, -0.25) is 4.72 Å². The largest absolute Gasteiger partial charge is 0.486 e. The van der Waals surface area contributed by atoms with Crippen LogP contribution in [0.3, 0.4) is 0 Å². The molecule has 0 atom stereocenters. The highest BCUT2D eigenvalue weighted by molar-refractivity contribution is 7.92. The lowest BCUT2D eigenvalue weighted by Crippen LogP contribution is -2.17. The number of rotatable bonds is 7. The molecule has 0 bridgehead atoms. The van der Waals surface area contributed by atoms with E-state index >= 15 is 0 Å². The van der Waals surface area contributed by atoms with Gasteiger partial charge in [-0.05, 0) is 43.3 Å². The van der Waals surface area contributed by atoms with E-state index < -0.39 is 16.0 Å². The summed E-state index contributed by atoms with van der Waals surface area (Å²) in [4.78, 5) is 16.7. The normalized spacial score (nSPS) is 12.7. The number of ether oxygens (including phenoxy) is 3. The second kappa shape index (κ2) is 9.70. The van der Waals surface area contributed by atoms with Gasteiger partial charge in [0.1, 0.15) is 13.2 Å². The molecule has 3 aromatic carbocycles. The van der Waals surface area contributed by atoms with Crippen molar-refractivity contribution in [1.29, 1.82) is 0 Å². The van der Waals surface area contributed by atoms with Crippen LogP contribution in [0.4, 0.5) is 5.69 Å². The van der Waals surface area contributed by atoms with Gasteiger partial charge in [0, 0.05) is 17.3 Å². The lowest BCUT2D eigenvalue weighted by molar-refractivity contribution is 0.0430. The highest BCUT2D eigenvalue weighted by Crippen LogP contribution is 2.32. The summed E-state index contributed by atoms with van der Waals surface area (Å²) in [5.74, 6) is 0.800. The number of fused-ring (bicyclic) bond motifs is 1. The van der Waals surface area contributed by atoms with Gasteiger partial charge in [-0.15, -0.1) is 0 Å². The number of hydrogen-bond acceptors (Lipinski definition) is 9. The Morgan fingerprint density at radius 2 is 1.69 bits per heavy atom. The predicted octanol–water partition coefficient (Wildman–Crippen LogP) is 3.97. The zero-order chi connectivity index (χ0) is 25.1. The number of sulfonamides is 1. The van der Waals surface area contributed by atoms with Crippen molar-refractivity contribution in [2.45, 2.75) is 18.4 Å². The van der Waals surface area contributed by atoms with Crippen molar-refractivity contribution in [2.75, 3.05) is 17.9 Å². The summed E-state index contributed by atoms with van der Waals surface area (Å²) < 4.78 is 49.3. The second-order valence-electron chi connectivity index (χ2n) is 7.94. The topological polar surface area (TPSA) is 130 Å². The summed E-state index contributed by atoms with van der Waals surface area (Å²) in [7, 11) is -3.88. The predicted molar refractivity (Wildman–Crippen MR) is 128 cm³/mol. The monoisotopic (exact) mass is 507 g/mol. The van der Waals surface area contributed by atoms with Crippen LogP contribution in [0.15, 0.2) is 76.1 Å². The standard InChI is InChI=1S/C25H21N3O7S/c1-16-2-4-17(5-3-16)24-26-23(35-27-24)15-34-25(29)18-6-8-19(9-7-18)28-36(30,31)20-10-11-21-22(14-20)33-13-12-32-21/h2-11,14,28H,12-13,15H2,1H3. The summed E-state index contributed by atoms with van der Waals surface area (Å²) in [6, 6.07) is 17.9. The molecule has 11 heteroatoms. The number of benzene rings is 3. The molecule has 1 aliphatic rings. The summed E-state index contributed by atoms with van der Waals surface area (Å²) in [6.45, 7) is 2.54. The molecule has 0 unspecified atom stereocenters. The van der Waals surface area contributed by atoms with Gasteiger partial charge in [0.2, 0.25) is 5.82 Å². The fourth-order valence-electron chi connectivity index (χ4n) is 3.42. The zero-order valence-corrected chi connectivity index (χ0v) is 19.9. The number of aromatic nitrogens is 2. The second-order valence-corrected chi connectivity index (χ2v) is 9.62. The third kappa shape index (κ3) is 5.15. The highest BCUT2D eigenvalue weighted by Gasteiger charge is 2.20. The number of hydrogen-bond donors (Lipinski definition) is 1. The molecule has 1 aliphatic heterocycles. The van der Waals surface area contributed by atoms with Crippen molar-refractivity contribution < 1.29 is 31.9 Å². The Bertz CT molecular complexity index is 1500. The van der Waals surface area contributed by atoms with Gasteiger partial charge >= 0.3 is 5.97 Å². The van der Waals surface area contributed by atoms with Crippen molar-refractivity contribution in [1.82, 2.24) is 10.1 Å². The molecule has 0 fully saturated rings. The molecule has 0 saturated heterocycles. The quantitative estimate of drug-likeness (QED) is 0.369. The Labute approximate surface area is 206 Å². The molecule has 2 heterocycles. The van der Waals surface area contributed by atoms with Crippen molar-refractivity contribution in [3.05, 3.63) is 83.7 Å². The number of carbonyl (C=O) groups is 1. The van der Waals surface area contributed by atoms with Crippen molar-refractivity contribution in [2.24, 2.45) is 0 Å². The van der Waals surface area contributed by atoms with Gasteiger partial charge in [0.15, 0.2) is 18.1 Å². The maximum absolute atomic E-state index is 12.8. The van der Waals surface area contributed by atoms with Crippen LogP contribution in [0.25, 0.3) is 11.4 Å². The molecular weight excluding hydrogens is 486 g/mol. The van der Waals surface area contributed by atoms with E-state index in [2.05, 4.69) is 14.9 Å². The Morgan fingerprint density at radius 3 is 2.44 bits per heavy atom. The minimum atomic E-state index is -3.88. The molecular formula is C25H21N3O7S. The summed E-state index contributed by atoms with van der Waals surface area (Å²) in [5.41, 5.74) is 2.41. The van der Waals surface area contributed by atoms with Gasteiger partial charge in [0.25, 0.3) is 15.9 Å². The van der Waals surface area contributed by atoms with Crippen LogP contribution >= 0.6 is 0 Å². The van der Waals surface area contributed by atoms with E-state index in [0.717, 1.165) is 11.1 Å². The van der Waals surface area contributed by atoms with Crippen LogP contribution in [-0.4, -0.2) is 37.7 Å². The lowest BCUT2D eigenvalue weighted by Gasteiger charge is -2.19. The third-order valence-corrected chi connectivity index (χ3v) is 6.68. The molecule has 5 rings (SSSR count). The maximum atomic E-state index is 12.8. The summed E-state index contributed by atoms with van der Waals surface area (Å²) in [6.07, 6.45) is 0. The Hall–Kier alpha value is -4.38. The number of nitrogens with zero attached hydrogens (tertiary/aromatic N) is 2. The highest BCUT2D eigenvalue weighted by atomic mass is 32.2.